The zero-order valence-electron chi connectivity index (χ0n) is 28.1. The summed E-state index contributed by atoms with van der Waals surface area (Å²) in [7, 11) is 1.88. The van der Waals surface area contributed by atoms with Gasteiger partial charge in [-0.25, -0.2) is 9.69 Å². The minimum Gasteiger partial charge on any atom is -0.508 e. The molecule has 0 spiro atoms. The van der Waals surface area contributed by atoms with E-state index < -0.39 is 36.3 Å². The number of hydrogen-bond acceptors (Lipinski definition) is 10. The summed E-state index contributed by atoms with van der Waals surface area (Å²) >= 11 is 0. The summed E-state index contributed by atoms with van der Waals surface area (Å²) in [5.41, 5.74) is 4.11. The summed E-state index contributed by atoms with van der Waals surface area (Å²) in [5, 5.41) is 32.7. The third-order valence-corrected chi connectivity index (χ3v) is 8.94. The number of nitrogens with zero attached hydrogens (tertiary/aromatic N) is 2. The highest BCUT2D eigenvalue weighted by atomic mass is 16.7. The predicted octanol–water partition coefficient (Wildman–Crippen LogP) is 4.65. The number of ether oxygens (including phenoxy) is 3. The summed E-state index contributed by atoms with van der Waals surface area (Å²) in [6.07, 6.45) is -2.71. The van der Waals surface area contributed by atoms with Crippen LogP contribution in [0.5, 0.6) is 5.75 Å². The minimum atomic E-state index is -1.05. The number of phenols is 1. The fraction of sp³-hybridized carbons (Fsp3) is 0.308. The van der Waals surface area contributed by atoms with E-state index >= 15 is 0 Å². The lowest BCUT2D eigenvalue weighted by molar-refractivity contribution is -0.252. The lowest BCUT2D eigenvalue weighted by Gasteiger charge is -2.38. The van der Waals surface area contributed by atoms with Crippen molar-refractivity contribution in [2.24, 2.45) is 0 Å². The van der Waals surface area contributed by atoms with Crippen LogP contribution in [-0.2, 0) is 37.0 Å². The van der Waals surface area contributed by atoms with Gasteiger partial charge in [-0.1, -0.05) is 78.9 Å². The molecule has 2 saturated heterocycles. The van der Waals surface area contributed by atoms with Crippen LogP contribution < -0.4 is 10.2 Å². The molecule has 6 rings (SSSR count). The van der Waals surface area contributed by atoms with Crippen LogP contribution in [0.25, 0.3) is 0 Å². The normalized spacial score (nSPS) is 21.1. The van der Waals surface area contributed by atoms with Gasteiger partial charge in [-0.2, -0.15) is 0 Å². The molecule has 12 heteroatoms. The summed E-state index contributed by atoms with van der Waals surface area (Å²) < 4.78 is 18.1. The van der Waals surface area contributed by atoms with Crippen molar-refractivity contribution in [1.29, 1.82) is 0 Å². The number of anilines is 1. The second-order valence-electron chi connectivity index (χ2n) is 12.8. The van der Waals surface area contributed by atoms with Gasteiger partial charge < -0.3 is 39.7 Å². The smallest absolute Gasteiger partial charge is 0.408 e. The molecule has 2 heterocycles. The van der Waals surface area contributed by atoms with Gasteiger partial charge in [-0.15, -0.1) is 0 Å². The Balaban J connectivity index is 1.12. The molecule has 12 nitrogen and oxygen atoms in total. The second kappa shape index (κ2) is 16.3. The fourth-order valence-electron chi connectivity index (χ4n) is 6.29. The van der Waals surface area contributed by atoms with Crippen LogP contribution in [-0.4, -0.2) is 70.4 Å². The third-order valence-electron chi connectivity index (χ3n) is 8.94. The number of imide groups is 1. The molecule has 0 aromatic heterocycles. The molecule has 0 radical (unpaired) electrons. The first-order valence-corrected chi connectivity index (χ1v) is 16.8. The number of rotatable bonds is 12. The number of aliphatic hydroxyl groups excluding tert-OH is 2. The van der Waals surface area contributed by atoms with Crippen LogP contribution in [0.15, 0.2) is 103 Å². The van der Waals surface area contributed by atoms with Crippen LogP contribution in [0.4, 0.5) is 10.5 Å². The van der Waals surface area contributed by atoms with Crippen molar-refractivity contribution in [3.63, 3.8) is 0 Å². The first kappa shape index (κ1) is 35.7. The van der Waals surface area contributed by atoms with E-state index in [0.717, 1.165) is 21.6 Å². The highest BCUT2D eigenvalue weighted by Gasteiger charge is 2.41. The number of carbonyl (C=O) groups excluding carboxylic acids is 3. The topological polar surface area (TPSA) is 158 Å². The van der Waals surface area contributed by atoms with Gasteiger partial charge in [-0.3, -0.25) is 9.59 Å². The maximum atomic E-state index is 13.2. The zero-order valence-corrected chi connectivity index (χ0v) is 28.1. The summed E-state index contributed by atoms with van der Waals surface area (Å²) in [5.74, 6) is -0.925. The lowest BCUT2D eigenvalue weighted by Crippen LogP contribution is -2.42. The van der Waals surface area contributed by atoms with E-state index in [1.165, 1.54) is 6.07 Å². The van der Waals surface area contributed by atoms with Gasteiger partial charge in [0.25, 0.3) is 5.91 Å². The van der Waals surface area contributed by atoms with Crippen molar-refractivity contribution in [3.8, 4) is 5.75 Å². The van der Waals surface area contributed by atoms with Crippen molar-refractivity contribution in [1.82, 2.24) is 10.2 Å². The Hall–Kier alpha value is -5.11. The number of carbonyl (C=O) groups is 3. The summed E-state index contributed by atoms with van der Waals surface area (Å²) in [6, 6.07) is 28.9. The molecule has 266 valence electrons. The maximum absolute atomic E-state index is 13.2. The van der Waals surface area contributed by atoms with Gasteiger partial charge in [0, 0.05) is 25.1 Å². The minimum absolute atomic E-state index is 0.0328. The average molecular weight is 696 g/mol. The van der Waals surface area contributed by atoms with Gasteiger partial charge in [0.1, 0.15) is 18.4 Å². The van der Waals surface area contributed by atoms with Crippen molar-refractivity contribution in [2.45, 2.75) is 56.7 Å². The first-order chi connectivity index (χ1) is 24.7. The highest BCUT2D eigenvalue weighted by molar-refractivity contribution is 6.22. The molecule has 2 fully saturated rings. The zero-order chi connectivity index (χ0) is 35.9. The fourth-order valence-corrected chi connectivity index (χ4v) is 6.29. The number of aromatic hydroxyl groups is 1. The molecule has 4 N–H and O–H groups in total. The van der Waals surface area contributed by atoms with Gasteiger partial charge >= 0.3 is 6.09 Å². The van der Waals surface area contributed by atoms with Crippen LogP contribution in [0, 0.1) is 0 Å². The number of alkyl carbamates (subject to hydrolysis) is 1. The molecule has 2 aliphatic heterocycles. The van der Waals surface area contributed by atoms with E-state index in [2.05, 4.69) is 5.32 Å². The molecule has 0 saturated carbocycles. The van der Waals surface area contributed by atoms with Crippen molar-refractivity contribution in [2.75, 3.05) is 25.0 Å². The quantitative estimate of drug-likeness (QED) is 0.154. The number of aliphatic hydroxyl groups is 2. The number of amides is 3. The maximum Gasteiger partial charge on any atom is 0.408 e. The van der Waals surface area contributed by atoms with Gasteiger partial charge in [0.15, 0.2) is 6.29 Å². The number of phenolic OH excluding ortho intramolecular Hbond substituents is 1. The number of hydrogen-bond donors (Lipinski definition) is 4. The van der Waals surface area contributed by atoms with E-state index in [4.69, 9.17) is 14.2 Å². The van der Waals surface area contributed by atoms with Gasteiger partial charge in [0.05, 0.1) is 37.0 Å². The molecular formula is C39H41N3O9. The molecule has 4 aromatic carbocycles. The van der Waals surface area contributed by atoms with Crippen molar-refractivity contribution >= 4 is 23.6 Å². The van der Waals surface area contributed by atoms with Crippen LogP contribution in [0.3, 0.4) is 0 Å². The van der Waals surface area contributed by atoms with E-state index in [1.807, 2.05) is 66.5 Å². The van der Waals surface area contributed by atoms with Gasteiger partial charge in [0.2, 0.25) is 5.91 Å². The summed E-state index contributed by atoms with van der Waals surface area (Å²) in [6.45, 7) is 0.733. The molecule has 51 heavy (non-hydrogen) atoms. The number of benzene rings is 4. The van der Waals surface area contributed by atoms with E-state index in [9.17, 15) is 29.7 Å². The number of nitrogens with one attached hydrogen (secondary N) is 1. The second-order valence-corrected chi connectivity index (χ2v) is 12.8. The van der Waals surface area contributed by atoms with Crippen molar-refractivity contribution in [3.05, 3.63) is 131 Å². The molecular weight excluding hydrogens is 654 g/mol. The largest absolute Gasteiger partial charge is 0.508 e. The Kier molecular flexibility index (Phi) is 11.4. The Labute approximate surface area is 295 Å². The Bertz CT molecular complexity index is 1800. The molecule has 3 amide bonds. The van der Waals surface area contributed by atoms with E-state index in [-0.39, 0.29) is 37.6 Å². The highest BCUT2D eigenvalue weighted by Crippen LogP contribution is 2.39. The standard InChI is InChI=1S/C39H41N3O9/c1-41(22-34(45)29-8-5-9-31(44)18-29)21-32-19-35(27-12-10-25(23-43)11-13-27)51-38(50-32)28-14-16-30(17-15-28)42-36(46)20-33(37(42)47)40-39(48)49-24-26-6-3-2-4-7-26/h2-18,32-35,38,43-45H,19-24H2,1H3,(H,40,48). The molecule has 5 atom stereocenters. The van der Waals surface area contributed by atoms with Crippen LogP contribution in [0.2, 0.25) is 0 Å². The Morgan fingerprint density at radius 2 is 1.67 bits per heavy atom. The van der Waals surface area contributed by atoms with Crippen LogP contribution >= 0.6 is 0 Å². The average Bonchev–Trinajstić information content (AvgIpc) is 3.42. The number of likely N-dealkylation sites (N-methyl/N-ethyl adjacent to an activating group) is 1. The third kappa shape index (κ3) is 8.98. The van der Waals surface area contributed by atoms with Crippen LogP contribution in [0.1, 0.15) is 59.2 Å². The Morgan fingerprint density at radius 3 is 2.37 bits per heavy atom. The first-order valence-electron chi connectivity index (χ1n) is 16.8. The molecule has 0 bridgehead atoms. The lowest BCUT2D eigenvalue weighted by atomic mass is 9.99. The monoisotopic (exact) mass is 695 g/mol. The molecule has 0 aliphatic carbocycles. The van der Waals surface area contributed by atoms with E-state index in [0.29, 0.717) is 36.3 Å². The SMILES string of the molecule is CN(CC1CC(c2ccc(CO)cc2)OC(c2ccc(N3C(=O)CC(NC(=O)OCc4ccccc4)C3=O)cc2)O1)CC(O)c1cccc(O)c1. The van der Waals surface area contributed by atoms with E-state index in [1.54, 1.807) is 42.5 Å². The molecule has 2 aliphatic rings. The Morgan fingerprint density at radius 1 is 0.941 bits per heavy atom. The van der Waals surface area contributed by atoms with Gasteiger partial charge in [-0.05, 0) is 53.6 Å². The summed E-state index contributed by atoms with van der Waals surface area (Å²) in [4.78, 5) is 41.6. The molecule has 4 aromatic rings. The predicted molar refractivity (Wildman–Crippen MR) is 186 cm³/mol. The molecule has 5 unspecified atom stereocenters. The van der Waals surface area contributed by atoms with Crippen molar-refractivity contribution < 1.29 is 43.9 Å².